The molecular formula is C13H17BrO4. The lowest BCUT2D eigenvalue weighted by Crippen LogP contribution is -2.21. The van der Waals surface area contributed by atoms with Gasteiger partial charge in [-0.2, -0.15) is 0 Å². The van der Waals surface area contributed by atoms with E-state index in [1.807, 2.05) is 6.92 Å². The number of alkyl halides is 1. The van der Waals surface area contributed by atoms with E-state index in [0.717, 1.165) is 0 Å². The maximum atomic E-state index is 10.6. The minimum absolute atomic E-state index is 0.0146. The fourth-order valence-electron chi connectivity index (χ4n) is 1.43. The van der Waals surface area contributed by atoms with E-state index in [9.17, 15) is 9.90 Å². The quantitative estimate of drug-likeness (QED) is 0.759. The van der Waals surface area contributed by atoms with Crippen molar-refractivity contribution in [1.29, 1.82) is 0 Å². The third-order valence-corrected chi connectivity index (χ3v) is 3.67. The first-order valence-corrected chi connectivity index (χ1v) is 6.74. The summed E-state index contributed by atoms with van der Waals surface area (Å²) < 4.78 is 5.47. The summed E-state index contributed by atoms with van der Waals surface area (Å²) in [5.74, 6) is -0.321. The first kappa shape index (κ1) is 15.0. The van der Waals surface area contributed by atoms with Gasteiger partial charge in [0.15, 0.2) is 0 Å². The highest BCUT2D eigenvalue weighted by Gasteiger charge is 2.13. The number of ether oxygens (including phenoxy) is 1. The topological polar surface area (TPSA) is 66.8 Å². The molecule has 4 nitrogen and oxygen atoms in total. The Morgan fingerprint density at radius 1 is 1.39 bits per heavy atom. The molecule has 0 saturated carbocycles. The van der Waals surface area contributed by atoms with Crippen molar-refractivity contribution < 1.29 is 19.7 Å². The maximum Gasteiger partial charge on any atom is 0.335 e. The van der Waals surface area contributed by atoms with Gasteiger partial charge >= 0.3 is 5.97 Å². The molecule has 0 saturated heterocycles. The molecule has 0 spiro atoms. The third kappa shape index (κ3) is 4.66. The molecule has 1 rings (SSSR count). The molecule has 0 aliphatic carbocycles. The molecule has 1 aromatic rings. The molecule has 0 fully saturated rings. The second-order valence-electron chi connectivity index (χ2n) is 3.96. The summed E-state index contributed by atoms with van der Waals surface area (Å²) in [6.07, 6.45) is 1.02. The zero-order valence-corrected chi connectivity index (χ0v) is 11.8. The second-order valence-corrected chi connectivity index (χ2v) is 5.13. The van der Waals surface area contributed by atoms with Gasteiger partial charge in [-0.15, -0.1) is 0 Å². The molecule has 1 aromatic carbocycles. The van der Waals surface area contributed by atoms with Gasteiger partial charge in [0.05, 0.1) is 18.3 Å². The lowest BCUT2D eigenvalue weighted by molar-refractivity contribution is 0.0697. The number of aromatic carboxylic acids is 1. The van der Waals surface area contributed by atoms with Gasteiger partial charge in [0, 0.05) is 4.83 Å². The Morgan fingerprint density at radius 2 is 2.00 bits per heavy atom. The van der Waals surface area contributed by atoms with Crippen molar-refractivity contribution >= 4 is 21.9 Å². The average Bonchev–Trinajstić information content (AvgIpc) is 2.38. The predicted octanol–water partition coefficient (Wildman–Crippen LogP) is 2.69. The predicted molar refractivity (Wildman–Crippen MR) is 72.5 cm³/mol. The van der Waals surface area contributed by atoms with Gasteiger partial charge in [0.1, 0.15) is 5.75 Å². The van der Waals surface area contributed by atoms with E-state index < -0.39 is 5.97 Å². The molecule has 0 radical (unpaired) electrons. The fraction of sp³-hybridized carbons (Fsp3) is 0.462. The van der Waals surface area contributed by atoms with Crippen molar-refractivity contribution in [2.24, 2.45) is 0 Å². The highest BCUT2D eigenvalue weighted by molar-refractivity contribution is 9.09. The van der Waals surface area contributed by atoms with Gasteiger partial charge < -0.3 is 14.9 Å². The molecule has 0 amide bonds. The van der Waals surface area contributed by atoms with E-state index in [1.54, 1.807) is 12.1 Å². The Kier molecular flexibility index (Phi) is 6.15. The van der Waals surface area contributed by atoms with E-state index in [2.05, 4.69) is 15.9 Å². The summed E-state index contributed by atoms with van der Waals surface area (Å²) in [7, 11) is 0. The van der Waals surface area contributed by atoms with E-state index in [0.29, 0.717) is 25.2 Å². The van der Waals surface area contributed by atoms with Gasteiger partial charge in [-0.05, 0) is 37.1 Å². The van der Waals surface area contributed by atoms with E-state index in [4.69, 9.17) is 9.84 Å². The standard InChI is InChI=1S/C13H17BrO4/c1-2-12(15)11(14)7-8-18-10-5-3-9(4-6-10)13(16)17/h3-6,11-12,15H,2,7-8H2,1H3,(H,16,17). The number of aliphatic hydroxyl groups is 1. The van der Waals surface area contributed by atoms with Crippen molar-refractivity contribution in [3.8, 4) is 5.75 Å². The molecule has 5 heteroatoms. The van der Waals surface area contributed by atoms with Crippen LogP contribution in [0.5, 0.6) is 5.75 Å². The summed E-state index contributed by atoms with van der Waals surface area (Å²) in [5, 5.41) is 18.3. The van der Waals surface area contributed by atoms with Crippen LogP contribution in [0.3, 0.4) is 0 Å². The zero-order chi connectivity index (χ0) is 13.5. The summed E-state index contributed by atoms with van der Waals surface area (Å²) in [6.45, 7) is 2.39. The average molecular weight is 317 g/mol. The van der Waals surface area contributed by atoms with Crippen molar-refractivity contribution in [2.75, 3.05) is 6.61 Å². The molecular weight excluding hydrogens is 300 g/mol. The Balaban J connectivity index is 2.38. The number of rotatable bonds is 7. The molecule has 2 N–H and O–H groups in total. The van der Waals surface area contributed by atoms with Crippen LogP contribution in [-0.4, -0.2) is 33.7 Å². The lowest BCUT2D eigenvalue weighted by atomic mass is 10.1. The van der Waals surface area contributed by atoms with Crippen LogP contribution in [0.25, 0.3) is 0 Å². The van der Waals surface area contributed by atoms with Gasteiger partial charge in [0.25, 0.3) is 0 Å². The molecule has 2 atom stereocenters. The van der Waals surface area contributed by atoms with Crippen LogP contribution < -0.4 is 4.74 Å². The Morgan fingerprint density at radius 3 is 2.50 bits per heavy atom. The summed E-state index contributed by atoms with van der Waals surface area (Å²) in [4.78, 5) is 10.7. The third-order valence-electron chi connectivity index (χ3n) is 2.60. The van der Waals surface area contributed by atoms with Crippen LogP contribution in [0.2, 0.25) is 0 Å². The highest BCUT2D eigenvalue weighted by atomic mass is 79.9. The number of carboxylic acids is 1. The monoisotopic (exact) mass is 316 g/mol. The maximum absolute atomic E-state index is 10.6. The van der Waals surface area contributed by atoms with Gasteiger partial charge in [-0.1, -0.05) is 22.9 Å². The van der Waals surface area contributed by atoms with Gasteiger partial charge in [-0.25, -0.2) is 4.79 Å². The lowest BCUT2D eigenvalue weighted by Gasteiger charge is -2.15. The van der Waals surface area contributed by atoms with Crippen LogP contribution in [0.15, 0.2) is 24.3 Å². The second kappa shape index (κ2) is 7.38. The van der Waals surface area contributed by atoms with E-state index in [1.165, 1.54) is 12.1 Å². The van der Waals surface area contributed by atoms with Crippen molar-refractivity contribution in [2.45, 2.75) is 30.7 Å². The highest BCUT2D eigenvalue weighted by Crippen LogP contribution is 2.16. The van der Waals surface area contributed by atoms with Crippen LogP contribution in [0, 0.1) is 0 Å². The largest absolute Gasteiger partial charge is 0.494 e. The summed E-state index contributed by atoms with van der Waals surface area (Å²) in [6, 6.07) is 6.26. The van der Waals surface area contributed by atoms with Crippen molar-refractivity contribution in [3.05, 3.63) is 29.8 Å². The van der Waals surface area contributed by atoms with Crippen LogP contribution in [0.1, 0.15) is 30.1 Å². The molecule has 0 aliphatic rings. The minimum atomic E-state index is -0.951. The normalized spacial score (nSPS) is 13.9. The molecule has 18 heavy (non-hydrogen) atoms. The van der Waals surface area contributed by atoms with Crippen molar-refractivity contribution in [1.82, 2.24) is 0 Å². The Hall–Kier alpha value is -1.07. The molecule has 0 bridgehead atoms. The van der Waals surface area contributed by atoms with Gasteiger partial charge in [-0.3, -0.25) is 0 Å². The smallest absolute Gasteiger partial charge is 0.335 e. The number of halogens is 1. The molecule has 2 unspecified atom stereocenters. The summed E-state index contributed by atoms with van der Waals surface area (Å²) in [5.41, 5.74) is 0.238. The molecule has 0 heterocycles. The first-order valence-electron chi connectivity index (χ1n) is 5.83. The summed E-state index contributed by atoms with van der Waals surface area (Å²) >= 11 is 3.40. The number of carboxylic acid groups (broad SMARTS) is 1. The van der Waals surface area contributed by atoms with Crippen LogP contribution in [0.4, 0.5) is 0 Å². The number of aliphatic hydroxyl groups excluding tert-OH is 1. The zero-order valence-electron chi connectivity index (χ0n) is 10.2. The fourth-order valence-corrected chi connectivity index (χ4v) is 1.99. The Bertz CT molecular complexity index is 377. The Labute approximate surface area is 115 Å². The molecule has 0 aliphatic heterocycles. The van der Waals surface area contributed by atoms with Gasteiger partial charge in [0.2, 0.25) is 0 Å². The molecule has 0 aromatic heterocycles. The van der Waals surface area contributed by atoms with E-state index in [-0.39, 0.29) is 16.5 Å². The van der Waals surface area contributed by atoms with E-state index >= 15 is 0 Å². The molecule has 100 valence electrons. The van der Waals surface area contributed by atoms with Crippen LogP contribution >= 0.6 is 15.9 Å². The number of hydrogen-bond acceptors (Lipinski definition) is 3. The minimum Gasteiger partial charge on any atom is -0.494 e. The van der Waals surface area contributed by atoms with Crippen molar-refractivity contribution in [3.63, 3.8) is 0 Å². The number of benzene rings is 1. The SMILES string of the molecule is CCC(O)C(Br)CCOc1ccc(C(=O)O)cc1. The first-order chi connectivity index (χ1) is 8.54. The number of carbonyl (C=O) groups is 1. The number of hydrogen-bond donors (Lipinski definition) is 2. The van der Waals surface area contributed by atoms with Crippen LogP contribution in [-0.2, 0) is 0 Å².